The standard InChI is InChI=1S/C20H18F2N4O/c21-16-4-3-13(11-17(16)22)10-15-2-1-9-26(20(15)27)19-12-18(24-25-19)14-5-7-23-8-6-14/h3-8,11-12,15H,1-2,9-10H2,(H,24,25)/t15-/m0/s1. The molecule has 27 heavy (non-hydrogen) atoms. The van der Waals surface area contributed by atoms with E-state index in [4.69, 9.17) is 0 Å². The number of piperidine rings is 1. The normalized spacial score (nSPS) is 17.3. The van der Waals surface area contributed by atoms with E-state index in [0.717, 1.165) is 30.2 Å². The second kappa shape index (κ2) is 7.26. The van der Waals surface area contributed by atoms with Crippen LogP contribution in [0.4, 0.5) is 14.6 Å². The van der Waals surface area contributed by atoms with Crippen molar-refractivity contribution in [2.75, 3.05) is 11.4 Å². The molecular formula is C20H18F2N4O. The van der Waals surface area contributed by atoms with E-state index < -0.39 is 11.6 Å². The van der Waals surface area contributed by atoms with Gasteiger partial charge in [0.25, 0.3) is 0 Å². The van der Waals surface area contributed by atoms with E-state index in [1.807, 2.05) is 18.2 Å². The largest absolute Gasteiger partial charge is 0.297 e. The Balaban J connectivity index is 1.52. The highest BCUT2D eigenvalue weighted by atomic mass is 19.2. The molecule has 0 saturated carbocycles. The summed E-state index contributed by atoms with van der Waals surface area (Å²) in [5.74, 6) is -1.42. The van der Waals surface area contributed by atoms with E-state index in [-0.39, 0.29) is 11.8 Å². The Kier molecular flexibility index (Phi) is 4.66. The fourth-order valence-corrected chi connectivity index (χ4v) is 3.45. The fourth-order valence-electron chi connectivity index (χ4n) is 3.45. The van der Waals surface area contributed by atoms with Crippen LogP contribution in [0.3, 0.4) is 0 Å². The molecule has 1 amide bonds. The molecule has 1 saturated heterocycles. The van der Waals surface area contributed by atoms with Gasteiger partial charge in [-0.3, -0.25) is 19.8 Å². The predicted molar refractivity (Wildman–Crippen MR) is 97.0 cm³/mol. The Morgan fingerprint density at radius 3 is 2.70 bits per heavy atom. The maximum atomic E-state index is 13.4. The minimum absolute atomic E-state index is 0.0316. The summed E-state index contributed by atoms with van der Waals surface area (Å²) in [6.07, 6.45) is 5.32. The Morgan fingerprint density at radius 1 is 1.11 bits per heavy atom. The Labute approximate surface area is 155 Å². The number of pyridine rings is 1. The van der Waals surface area contributed by atoms with Gasteiger partial charge in [0.15, 0.2) is 11.6 Å². The topological polar surface area (TPSA) is 61.9 Å². The molecule has 3 aromatic rings. The second-order valence-electron chi connectivity index (χ2n) is 6.66. The monoisotopic (exact) mass is 368 g/mol. The van der Waals surface area contributed by atoms with Crippen molar-refractivity contribution in [1.82, 2.24) is 15.2 Å². The van der Waals surface area contributed by atoms with E-state index in [9.17, 15) is 13.6 Å². The van der Waals surface area contributed by atoms with Gasteiger partial charge in [0.2, 0.25) is 5.91 Å². The first-order valence-corrected chi connectivity index (χ1v) is 8.83. The summed E-state index contributed by atoms with van der Waals surface area (Å²) in [5.41, 5.74) is 2.27. The van der Waals surface area contributed by atoms with Crippen LogP contribution in [0.1, 0.15) is 18.4 Å². The number of carbonyl (C=O) groups excluding carboxylic acids is 1. The minimum Gasteiger partial charge on any atom is -0.297 e. The third-order valence-corrected chi connectivity index (χ3v) is 4.85. The van der Waals surface area contributed by atoms with E-state index in [2.05, 4.69) is 15.2 Å². The average molecular weight is 368 g/mol. The number of benzene rings is 1. The van der Waals surface area contributed by atoms with Gasteiger partial charge in [0, 0.05) is 36.5 Å². The van der Waals surface area contributed by atoms with Crippen molar-refractivity contribution in [3.8, 4) is 11.3 Å². The van der Waals surface area contributed by atoms with Crippen molar-refractivity contribution in [1.29, 1.82) is 0 Å². The van der Waals surface area contributed by atoms with Crippen LogP contribution < -0.4 is 4.90 Å². The van der Waals surface area contributed by atoms with Crippen molar-refractivity contribution < 1.29 is 13.6 Å². The number of aromatic nitrogens is 3. The molecule has 4 rings (SSSR count). The Hall–Kier alpha value is -3.09. The smallest absolute Gasteiger partial charge is 0.231 e. The zero-order valence-corrected chi connectivity index (χ0v) is 14.5. The molecule has 2 aromatic heterocycles. The summed E-state index contributed by atoms with van der Waals surface area (Å²) in [7, 11) is 0. The number of hydrogen-bond acceptors (Lipinski definition) is 3. The highest BCUT2D eigenvalue weighted by Crippen LogP contribution is 2.28. The zero-order chi connectivity index (χ0) is 18.8. The molecule has 1 N–H and O–H groups in total. The van der Waals surface area contributed by atoms with Crippen molar-refractivity contribution >= 4 is 11.7 Å². The number of nitrogens with one attached hydrogen (secondary N) is 1. The SMILES string of the molecule is O=C1[C@H](Cc2ccc(F)c(F)c2)CCCN1c1cc(-c2ccncc2)n[nH]1. The van der Waals surface area contributed by atoms with Crippen molar-refractivity contribution in [3.63, 3.8) is 0 Å². The molecular weight excluding hydrogens is 350 g/mol. The second-order valence-corrected chi connectivity index (χ2v) is 6.66. The van der Waals surface area contributed by atoms with Gasteiger partial charge in [-0.1, -0.05) is 6.07 Å². The van der Waals surface area contributed by atoms with Gasteiger partial charge in [-0.05, 0) is 49.1 Å². The van der Waals surface area contributed by atoms with Gasteiger partial charge in [0.1, 0.15) is 5.82 Å². The number of carbonyl (C=O) groups is 1. The summed E-state index contributed by atoms with van der Waals surface area (Å²) in [4.78, 5) is 18.6. The van der Waals surface area contributed by atoms with E-state index in [1.54, 1.807) is 17.3 Å². The Bertz CT molecular complexity index is 958. The Morgan fingerprint density at radius 2 is 1.93 bits per heavy atom. The highest BCUT2D eigenvalue weighted by Gasteiger charge is 2.31. The maximum absolute atomic E-state index is 13.4. The van der Waals surface area contributed by atoms with Gasteiger partial charge in [-0.15, -0.1) is 0 Å². The summed E-state index contributed by atoms with van der Waals surface area (Å²) in [5, 5.41) is 7.22. The number of amides is 1. The van der Waals surface area contributed by atoms with Crippen molar-refractivity contribution in [2.45, 2.75) is 19.3 Å². The van der Waals surface area contributed by atoms with E-state index >= 15 is 0 Å². The van der Waals surface area contributed by atoms with Crippen LogP contribution in [0, 0.1) is 17.6 Å². The quantitative estimate of drug-likeness (QED) is 0.763. The number of hydrogen-bond donors (Lipinski definition) is 1. The zero-order valence-electron chi connectivity index (χ0n) is 14.5. The number of aromatic amines is 1. The molecule has 0 unspecified atom stereocenters. The van der Waals surface area contributed by atoms with Gasteiger partial charge >= 0.3 is 0 Å². The van der Waals surface area contributed by atoms with Gasteiger partial charge in [0.05, 0.1) is 5.69 Å². The number of nitrogens with zero attached hydrogens (tertiary/aromatic N) is 3. The molecule has 0 bridgehead atoms. The lowest BCUT2D eigenvalue weighted by molar-refractivity contribution is -0.123. The van der Waals surface area contributed by atoms with Gasteiger partial charge in [-0.25, -0.2) is 8.78 Å². The fraction of sp³-hybridized carbons (Fsp3) is 0.250. The maximum Gasteiger partial charge on any atom is 0.231 e. The van der Waals surface area contributed by atoms with Crippen LogP contribution in [0.2, 0.25) is 0 Å². The number of halogens is 2. The van der Waals surface area contributed by atoms with Crippen LogP contribution in [0.15, 0.2) is 48.8 Å². The van der Waals surface area contributed by atoms with E-state index in [0.29, 0.717) is 24.3 Å². The molecule has 0 aliphatic carbocycles. The van der Waals surface area contributed by atoms with Crippen molar-refractivity contribution in [3.05, 3.63) is 66.0 Å². The lowest BCUT2D eigenvalue weighted by Crippen LogP contribution is -2.42. The number of rotatable bonds is 4. The van der Waals surface area contributed by atoms with Crippen LogP contribution in [0.25, 0.3) is 11.3 Å². The molecule has 1 aromatic carbocycles. The molecule has 1 aliphatic rings. The molecule has 138 valence electrons. The average Bonchev–Trinajstić information content (AvgIpc) is 3.17. The molecule has 5 nitrogen and oxygen atoms in total. The predicted octanol–water partition coefficient (Wildman–Crippen LogP) is 3.74. The summed E-state index contributed by atoms with van der Waals surface area (Å²) >= 11 is 0. The first kappa shape index (κ1) is 17.3. The van der Waals surface area contributed by atoms with Crippen LogP contribution in [-0.2, 0) is 11.2 Å². The minimum atomic E-state index is -0.886. The molecule has 0 radical (unpaired) electrons. The van der Waals surface area contributed by atoms with Crippen LogP contribution in [-0.4, -0.2) is 27.6 Å². The molecule has 0 spiro atoms. The molecule has 1 atom stereocenters. The molecule has 1 aliphatic heterocycles. The first-order valence-electron chi connectivity index (χ1n) is 8.83. The molecule has 1 fully saturated rings. The summed E-state index contributed by atoms with van der Waals surface area (Å²) in [6.45, 7) is 0.602. The molecule has 7 heteroatoms. The lowest BCUT2D eigenvalue weighted by atomic mass is 9.90. The number of H-pyrrole nitrogens is 1. The van der Waals surface area contributed by atoms with Gasteiger partial charge in [-0.2, -0.15) is 5.10 Å². The van der Waals surface area contributed by atoms with Crippen LogP contribution >= 0.6 is 0 Å². The third kappa shape index (κ3) is 3.58. The summed E-state index contributed by atoms with van der Waals surface area (Å²) in [6, 6.07) is 9.34. The summed E-state index contributed by atoms with van der Waals surface area (Å²) < 4.78 is 26.6. The van der Waals surface area contributed by atoms with Gasteiger partial charge < -0.3 is 0 Å². The van der Waals surface area contributed by atoms with Crippen molar-refractivity contribution in [2.24, 2.45) is 5.92 Å². The van der Waals surface area contributed by atoms with E-state index in [1.165, 1.54) is 12.1 Å². The van der Waals surface area contributed by atoms with Crippen LogP contribution in [0.5, 0.6) is 0 Å². The molecule has 3 heterocycles. The lowest BCUT2D eigenvalue weighted by Gasteiger charge is -2.31. The highest BCUT2D eigenvalue weighted by molar-refractivity contribution is 5.95. The third-order valence-electron chi connectivity index (χ3n) is 4.85. The number of anilines is 1. The first-order chi connectivity index (χ1) is 13.1.